The number of aliphatic hydroxyl groups excluding tert-OH is 3. The van der Waals surface area contributed by atoms with Gasteiger partial charge in [0.1, 0.15) is 12.2 Å². The van der Waals surface area contributed by atoms with Crippen molar-refractivity contribution in [2.75, 3.05) is 33.0 Å². The molecule has 0 saturated heterocycles. The number of ether oxygens (including phenoxy) is 2. The largest absolute Gasteiger partial charge is 0.394 e. The van der Waals surface area contributed by atoms with Gasteiger partial charge in [-0.05, 0) is 6.42 Å². The molecule has 5 nitrogen and oxygen atoms in total. The van der Waals surface area contributed by atoms with Crippen LogP contribution >= 0.6 is 0 Å². The quantitative estimate of drug-likeness (QED) is 0.427. The second-order valence-corrected chi connectivity index (χ2v) is 4.46. The second-order valence-electron chi connectivity index (χ2n) is 4.46. The Labute approximate surface area is 110 Å². The lowest BCUT2D eigenvalue weighted by molar-refractivity contribution is -0.0649. The maximum atomic E-state index is 9.07. The van der Waals surface area contributed by atoms with E-state index < -0.39 is 6.10 Å². The highest BCUT2D eigenvalue weighted by Gasteiger charge is 2.09. The van der Waals surface area contributed by atoms with E-state index in [9.17, 15) is 0 Å². The smallest absolute Gasteiger partial charge is 0.104 e. The zero-order valence-electron chi connectivity index (χ0n) is 11.4. The van der Waals surface area contributed by atoms with E-state index in [1.54, 1.807) is 0 Å². The lowest BCUT2D eigenvalue weighted by Gasteiger charge is -2.16. The van der Waals surface area contributed by atoms with Crippen LogP contribution in [0.4, 0.5) is 0 Å². The molecule has 0 radical (unpaired) electrons. The number of aliphatic hydroxyl groups is 3. The maximum Gasteiger partial charge on any atom is 0.104 e. The van der Waals surface area contributed by atoms with Gasteiger partial charge in [-0.1, -0.05) is 32.6 Å². The molecular weight excluding hydrogens is 236 g/mol. The molecule has 110 valence electrons. The van der Waals surface area contributed by atoms with Crippen LogP contribution in [0.3, 0.4) is 0 Å². The van der Waals surface area contributed by atoms with Crippen LogP contribution in [0.25, 0.3) is 0 Å². The lowest BCUT2D eigenvalue weighted by atomic mass is 10.2. The molecule has 0 spiro atoms. The van der Waals surface area contributed by atoms with Crippen molar-refractivity contribution in [3.63, 3.8) is 0 Å². The first-order valence-corrected chi connectivity index (χ1v) is 6.83. The van der Waals surface area contributed by atoms with Gasteiger partial charge in [0, 0.05) is 6.61 Å². The van der Waals surface area contributed by atoms with Gasteiger partial charge in [-0.25, -0.2) is 0 Å². The van der Waals surface area contributed by atoms with E-state index >= 15 is 0 Å². The first kappa shape index (κ1) is 17.8. The van der Waals surface area contributed by atoms with Gasteiger partial charge in [-0.15, -0.1) is 0 Å². The van der Waals surface area contributed by atoms with E-state index in [-0.39, 0.29) is 32.5 Å². The Hall–Kier alpha value is -0.200. The molecule has 0 aliphatic rings. The predicted molar refractivity (Wildman–Crippen MR) is 69.5 cm³/mol. The SMILES string of the molecule is CCCCCCCOC(CO)COCC(O)CO. The van der Waals surface area contributed by atoms with Gasteiger partial charge in [0.25, 0.3) is 0 Å². The van der Waals surface area contributed by atoms with Crippen molar-refractivity contribution < 1.29 is 24.8 Å². The summed E-state index contributed by atoms with van der Waals surface area (Å²) in [5.41, 5.74) is 0. The van der Waals surface area contributed by atoms with Gasteiger partial charge in [0.05, 0.1) is 26.4 Å². The fourth-order valence-electron chi connectivity index (χ4n) is 1.50. The van der Waals surface area contributed by atoms with Crippen LogP contribution in [0.1, 0.15) is 39.0 Å². The summed E-state index contributed by atoms with van der Waals surface area (Å²) in [6.45, 7) is 2.69. The van der Waals surface area contributed by atoms with Crippen LogP contribution < -0.4 is 0 Å². The summed E-state index contributed by atoms with van der Waals surface area (Å²) in [5.74, 6) is 0. The molecule has 0 aliphatic carbocycles. The summed E-state index contributed by atoms with van der Waals surface area (Å²) >= 11 is 0. The van der Waals surface area contributed by atoms with Crippen molar-refractivity contribution in [2.45, 2.75) is 51.2 Å². The van der Waals surface area contributed by atoms with E-state index in [0.29, 0.717) is 6.61 Å². The number of hydrogen-bond acceptors (Lipinski definition) is 5. The van der Waals surface area contributed by atoms with Crippen molar-refractivity contribution in [3.8, 4) is 0 Å². The van der Waals surface area contributed by atoms with Gasteiger partial charge >= 0.3 is 0 Å². The predicted octanol–water partition coefficient (Wildman–Crippen LogP) is 0.704. The summed E-state index contributed by atoms with van der Waals surface area (Å²) in [5, 5.41) is 26.7. The van der Waals surface area contributed by atoms with Crippen molar-refractivity contribution >= 4 is 0 Å². The Balaban J connectivity index is 3.40. The number of hydrogen-bond donors (Lipinski definition) is 3. The Bertz CT molecular complexity index is 165. The Morgan fingerprint density at radius 1 is 0.944 bits per heavy atom. The van der Waals surface area contributed by atoms with Gasteiger partial charge in [0.15, 0.2) is 0 Å². The minimum absolute atomic E-state index is 0.0624. The molecule has 0 bridgehead atoms. The third-order valence-electron chi connectivity index (χ3n) is 2.63. The fourth-order valence-corrected chi connectivity index (χ4v) is 1.50. The molecule has 2 unspecified atom stereocenters. The lowest BCUT2D eigenvalue weighted by Crippen LogP contribution is -2.28. The topological polar surface area (TPSA) is 79.2 Å². The van der Waals surface area contributed by atoms with Gasteiger partial charge in [0.2, 0.25) is 0 Å². The molecule has 0 aliphatic heterocycles. The molecule has 0 fully saturated rings. The molecule has 18 heavy (non-hydrogen) atoms. The molecule has 2 atom stereocenters. The van der Waals surface area contributed by atoms with Crippen LogP contribution in [0.5, 0.6) is 0 Å². The van der Waals surface area contributed by atoms with Gasteiger partial charge in [-0.2, -0.15) is 0 Å². The number of unbranched alkanes of at least 4 members (excludes halogenated alkanes) is 4. The van der Waals surface area contributed by atoms with Crippen LogP contribution in [0, 0.1) is 0 Å². The average molecular weight is 264 g/mol. The highest BCUT2D eigenvalue weighted by atomic mass is 16.5. The molecular formula is C13H28O5. The fraction of sp³-hybridized carbons (Fsp3) is 1.00. The molecule has 5 heteroatoms. The van der Waals surface area contributed by atoms with Crippen molar-refractivity contribution in [3.05, 3.63) is 0 Å². The maximum absolute atomic E-state index is 9.07. The molecule has 0 heterocycles. The summed E-state index contributed by atoms with van der Waals surface area (Å²) in [4.78, 5) is 0. The zero-order chi connectivity index (χ0) is 13.6. The summed E-state index contributed by atoms with van der Waals surface area (Å²) < 4.78 is 10.6. The highest BCUT2D eigenvalue weighted by molar-refractivity contribution is 4.56. The Morgan fingerprint density at radius 3 is 2.28 bits per heavy atom. The second kappa shape index (κ2) is 13.2. The third kappa shape index (κ3) is 10.9. The standard InChI is InChI=1S/C13H28O5/c1-2-3-4-5-6-7-18-13(9-15)11-17-10-12(16)8-14/h12-16H,2-11H2,1H3. The Kier molecular flexibility index (Phi) is 13.1. The molecule has 0 aromatic rings. The summed E-state index contributed by atoms with van der Waals surface area (Å²) in [7, 11) is 0. The molecule has 0 aromatic heterocycles. The molecule has 3 N–H and O–H groups in total. The molecule has 0 amide bonds. The van der Waals surface area contributed by atoms with Gasteiger partial charge in [-0.3, -0.25) is 0 Å². The van der Waals surface area contributed by atoms with Crippen LogP contribution in [-0.2, 0) is 9.47 Å². The molecule has 0 aromatic carbocycles. The first-order chi connectivity index (χ1) is 8.74. The highest BCUT2D eigenvalue weighted by Crippen LogP contribution is 2.04. The third-order valence-corrected chi connectivity index (χ3v) is 2.63. The van der Waals surface area contributed by atoms with Crippen LogP contribution in [-0.4, -0.2) is 60.6 Å². The van der Waals surface area contributed by atoms with Crippen molar-refractivity contribution in [1.82, 2.24) is 0 Å². The van der Waals surface area contributed by atoms with Crippen molar-refractivity contribution in [1.29, 1.82) is 0 Å². The van der Waals surface area contributed by atoms with E-state index in [1.165, 1.54) is 19.3 Å². The monoisotopic (exact) mass is 264 g/mol. The number of rotatable bonds is 13. The zero-order valence-corrected chi connectivity index (χ0v) is 11.4. The van der Waals surface area contributed by atoms with Crippen LogP contribution in [0.2, 0.25) is 0 Å². The van der Waals surface area contributed by atoms with E-state index in [0.717, 1.165) is 12.8 Å². The van der Waals surface area contributed by atoms with E-state index in [1.807, 2.05) is 0 Å². The van der Waals surface area contributed by atoms with E-state index in [4.69, 9.17) is 24.8 Å². The van der Waals surface area contributed by atoms with Crippen molar-refractivity contribution in [2.24, 2.45) is 0 Å². The van der Waals surface area contributed by atoms with Gasteiger partial charge < -0.3 is 24.8 Å². The normalized spacial score (nSPS) is 14.7. The van der Waals surface area contributed by atoms with Crippen LogP contribution in [0.15, 0.2) is 0 Å². The molecule has 0 rings (SSSR count). The minimum atomic E-state index is -0.863. The summed E-state index contributed by atoms with van der Waals surface area (Å²) in [6.07, 6.45) is 4.64. The Morgan fingerprint density at radius 2 is 1.67 bits per heavy atom. The summed E-state index contributed by atoms with van der Waals surface area (Å²) in [6, 6.07) is 0. The average Bonchev–Trinajstić information content (AvgIpc) is 2.40. The first-order valence-electron chi connectivity index (χ1n) is 6.83. The van der Waals surface area contributed by atoms with E-state index in [2.05, 4.69) is 6.92 Å². The molecule has 0 saturated carbocycles. The minimum Gasteiger partial charge on any atom is -0.394 e.